The predicted molar refractivity (Wildman–Crippen MR) is 65.3 cm³/mol. The minimum Gasteiger partial charge on any atom is -0.359 e. The van der Waals surface area contributed by atoms with Crippen molar-refractivity contribution in [3.63, 3.8) is 0 Å². The zero-order valence-electron chi connectivity index (χ0n) is 9.59. The van der Waals surface area contributed by atoms with Crippen molar-refractivity contribution >= 4 is 22.8 Å². The molecule has 0 aromatic heterocycles. The quantitative estimate of drug-likeness (QED) is 0.755. The maximum absolute atomic E-state index is 11.1. The van der Waals surface area contributed by atoms with Crippen molar-refractivity contribution in [3.05, 3.63) is 0 Å². The average molecular weight is 229 g/mol. The Morgan fingerprint density at radius 2 is 2.40 bits per heavy atom. The molecule has 1 aliphatic rings. The first kappa shape index (κ1) is 12.4. The molecule has 1 saturated heterocycles. The number of carbonyl (C=O) groups excluding carboxylic acids is 1. The van der Waals surface area contributed by atoms with Gasteiger partial charge in [-0.3, -0.25) is 9.79 Å². The molecule has 1 amide bonds. The van der Waals surface area contributed by atoms with Gasteiger partial charge in [0.25, 0.3) is 0 Å². The number of amidine groups is 1. The van der Waals surface area contributed by atoms with Crippen molar-refractivity contribution in [2.75, 3.05) is 18.8 Å². The van der Waals surface area contributed by atoms with Gasteiger partial charge in [0.15, 0.2) is 5.17 Å². The largest absolute Gasteiger partial charge is 0.359 e. The van der Waals surface area contributed by atoms with E-state index in [1.807, 2.05) is 6.92 Å². The summed E-state index contributed by atoms with van der Waals surface area (Å²) in [5.41, 5.74) is 0.134. The zero-order chi connectivity index (χ0) is 11.3. The van der Waals surface area contributed by atoms with Gasteiger partial charge in [0.05, 0.1) is 6.54 Å². The second-order valence-corrected chi connectivity index (χ2v) is 5.15. The summed E-state index contributed by atoms with van der Waals surface area (Å²) in [7, 11) is 0. The van der Waals surface area contributed by atoms with Crippen molar-refractivity contribution in [1.82, 2.24) is 10.6 Å². The van der Waals surface area contributed by atoms with Gasteiger partial charge >= 0.3 is 0 Å². The second kappa shape index (κ2) is 5.39. The zero-order valence-corrected chi connectivity index (χ0v) is 10.4. The Morgan fingerprint density at radius 1 is 1.67 bits per heavy atom. The van der Waals surface area contributed by atoms with E-state index in [-0.39, 0.29) is 11.4 Å². The maximum atomic E-state index is 11.1. The van der Waals surface area contributed by atoms with Gasteiger partial charge in [0.2, 0.25) is 5.91 Å². The molecule has 1 fully saturated rings. The summed E-state index contributed by atoms with van der Waals surface area (Å²) >= 11 is 1.72. The number of nitrogens with one attached hydrogen (secondary N) is 2. The second-order valence-electron chi connectivity index (χ2n) is 4.19. The first-order valence-corrected chi connectivity index (χ1v) is 6.24. The van der Waals surface area contributed by atoms with Gasteiger partial charge in [-0.05, 0) is 20.8 Å². The topological polar surface area (TPSA) is 53.5 Å². The van der Waals surface area contributed by atoms with Crippen LogP contribution in [0.2, 0.25) is 0 Å². The van der Waals surface area contributed by atoms with Gasteiger partial charge in [-0.15, -0.1) is 0 Å². The molecule has 0 radical (unpaired) electrons. The highest BCUT2D eigenvalue weighted by atomic mass is 32.2. The molecule has 1 aliphatic heterocycles. The molecule has 0 saturated carbocycles. The van der Waals surface area contributed by atoms with E-state index in [0.717, 1.165) is 10.9 Å². The van der Waals surface area contributed by atoms with E-state index in [1.165, 1.54) is 0 Å². The number of hydrogen-bond donors (Lipinski definition) is 2. The molecule has 0 aliphatic carbocycles. The van der Waals surface area contributed by atoms with Crippen LogP contribution in [-0.2, 0) is 4.79 Å². The average Bonchev–Trinajstić information content (AvgIpc) is 2.46. The minimum atomic E-state index is 0.0732. The summed E-state index contributed by atoms with van der Waals surface area (Å²) in [6.07, 6.45) is 0.472. The molecule has 1 rings (SSSR count). The van der Waals surface area contributed by atoms with Gasteiger partial charge in [0, 0.05) is 24.3 Å². The molecule has 0 aromatic rings. The van der Waals surface area contributed by atoms with Gasteiger partial charge < -0.3 is 10.6 Å². The van der Waals surface area contributed by atoms with Crippen molar-refractivity contribution < 1.29 is 4.79 Å². The molecule has 0 bridgehead atoms. The van der Waals surface area contributed by atoms with Crippen molar-refractivity contribution in [3.8, 4) is 0 Å². The Kier molecular flexibility index (Phi) is 4.45. The fourth-order valence-corrected chi connectivity index (χ4v) is 2.34. The van der Waals surface area contributed by atoms with Gasteiger partial charge in [-0.25, -0.2) is 0 Å². The number of rotatable bonds is 4. The minimum absolute atomic E-state index is 0.0732. The molecule has 4 nitrogen and oxygen atoms in total. The third kappa shape index (κ3) is 4.55. The third-order valence-corrected chi connectivity index (χ3v) is 3.35. The molecule has 0 unspecified atom stereocenters. The molecular formula is C10H19N3OS. The van der Waals surface area contributed by atoms with E-state index < -0.39 is 0 Å². The first-order valence-electron chi connectivity index (χ1n) is 5.25. The smallest absolute Gasteiger partial charge is 0.221 e. The lowest BCUT2D eigenvalue weighted by Gasteiger charge is -2.15. The lowest BCUT2D eigenvalue weighted by Crippen LogP contribution is -2.37. The van der Waals surface area contributed by atoms with E-state index in [1.54, 1.807) is 11.8 Å². The van der Waals surface area contributed by atoms with Crippen LogP contribution in [0.3, 0.4) is 0 Å². The van der Waals surface area contributed by atoms with Crippen molar-refractivity contribution in [2.45, 2.75) is 32.7 Å². The lowest BCUT2D eigenvalue weighted by molar-refractivity contribution is -0.120. The van der Waals surface area contributed by atoms with Crippen LogP contribution < -0.4 is 10.6 Å². The van der Waals surface area contributed by atoms with Crippen LogP contribution in [0.25, 0.3) is 0 Å². The first-order chi connectivity index (χ1) is 7.03. The Labute approximate surface area is 95.3 Å². The van der Waals surface area contributed by atoms with E-state index in [2.05, 4.69) is 29.5 Å². The van der Waals surface area contributed by atoms with Crippen LogP contribution in [-0.4, -0.2) is 35.5 Å². The van der Waals surface area contributed by atoms with Crippen molar-refractivity contribution in [1.29, 1.82) is 0 Å². The summed E-state index contributed by atoms with van der Waals surface area (Å²) in [5.74, 6) is 1.11. The standard InChI is InChI=1S/C10H19N3OS/c1-4-11-8(14)5-6-12-9-13-10(2,3)7-15-9/h4-7H2,1-3H3,(H,11,14)(H,12,13). The van der Waals surface area contributed by atoms with Crippen molar-refractivity contribution in [2.24, 2.45) is 4.99 Å². The third-order valence-electron chi connectivity index (χ3n) is 1.98. The number of thioether (sulfide) groups is 1. The summed E-state index contributed by atoms with van der Waals surface area (Å²) in [6, 6.07) is 0. The van der Waals surface area contributed by atoms with Crippen LogP contribution in [0.5, 0.6) is 0 Å². The van der Waals surface area contributed by atoms with Crippen LogP contribution in [0.4, 0.5) is 0 Å². The molecule has 0 atom stereocenters. The summed E-state index contributed by atoms with van der Waals surface area (Å²) in [4.78, 5) is 15.5. The highest BCUT2D eigenvalue weighted by molar-refractivity contribution is 8.14. The van der Waals surface area contributed by atoms with Crippen LogP contribution in [0.1, 0.15) is 27.2 Å². The van der Waals surface area contributed by atoms with E-state index in [9.17, 15) is 4.79 Å². The Morgan fingerprint density at radius 3 is 2.93 bits per heavy atom. The molecule has 86 valence electrons. The SMILES string of the molecule is CCNC(=O)CCN=C1NC(C)(C)CS1. The Balaban J connectivity index is 2.25. The van der Waals surface area contributed by atoms with Crippen LogP contribution in [0.15, 0.2) is 4.99 Å². The Hall–Kier alpha value is -0.710. The maximum Gasteiger partial charge on any atom is 0.221 e. The van der Waals surface area contributed by atoms with Gasteiger partial charge in [0.1, 0.15) is 0 Å². The lowest BCUT2D eigenvalue weighted by atomic mass is 10.1. The van der Waals surface area contributed by atoms with E-state index in [4.69, 9.17) is 0 Å². The van der Waals surface area contributed by atoms with E-state index >= 15 is 0 Å². The number of carbonyl (C=O) groups is 1. The molecule has 15 heavy (non-hydrogen) atoms. The highest BCUT2D eigenvalue weighted by Crippen LogP contribution is 2.21. The summed E-state index contributed by atoms with van der Waals surface area (Å²) < 4.78 is 0. The fraction of sp³-hybridized carbons (Fsp3) is 0.800. The summed E-state index contributed by atoms with van der Waals surface area (Å²) in [5, 5.41) is 7.03. The predicted octanol–water partition coefficient (Wildman–Crippen LogP) is 0.984. The molecule has 0 spiro atoms. The van der Waals surface area contributed by atoms with Gasteiger partial charge in [-0.2, -0.15) is 0 Å². The monoisotopic (exact) mass is 229 g/mol. The van der Waals surface area contributed by atoms with Crippen LogP contribution in [0, 0.1) is 0 Å². The summed E-state index contributed by atoms with van der Waals surface area (Å²) in [6.45, 7) is 7.46. The van der Waals surface area contributed by atoms with Crippen LogP contribution >= 0.6 is 11.8 Å². The fourth-order valence-electron chi connectivity index (χ4n) is 1.24. The normalized spacial score (nSPS) is 21.4. The molecule has 2 N–H and O–H groups in total. The highest BCUT2D eigenvalue weighted by Gasteiger charge is 2.26. The van der Waals surface area contributed by atoms with Gasteiger partial charge in [-0.1, -0.05) is 11.8 Å². The molecule has 1 heterocycles. The number of aliphatic imine (C=N–C) groups is 1. The molecular weight excluding hydrogens is 210 g/mol. The Bertz CT molecular complexity index is 263. The number of amides is 1. The van der Waals surface area contributed by atoms with E-state index in [0.29, 0.717) is 19.5 Å². The number of hydrogen-bond acceptors (Lipinski definition) is 3. The number of nitrogens with zero attached hydrogens (tertiary/aromatic N) is 1. The molecule has 0 aromatic carbocycles. The molecule has 5 heteroatoms.